The summed E-state index contributed by atoms with van der Waals surface area (Å²) in [5, 5.41) is 0.305. The molecule has 0 saturated carbocycles. The molecule has 0 rings (SSSR count). The molecule has 0 amide bonds. The van der Waals surface area contributed by atoms with Gasteiger partial charge in [-0.2, -0.15) is 0 Å². The normalized spacial score (nSPS) is 11.9. The largest absolute Gasteiger partial charge is 0.301 e. The first-order chi connectivity index (χ1) is 4.98. The Bertz CT molecular complexity index is 174. The Morgan fingerprint density at radius 3 is 2.36 bits per heavy atom. The van der Waals surface area contributed by atoms with Crippen molar-refractivity contribution in [2.75, 3.05) is 0 Å². The van der Waals surface area contributed by atoms with Crippen LogP contribution in [0.3, 0.4) is 0 Å². The molecule has 0 radical (unpaired) electrons. The summed E-state index contributed by atoms with van der Waals surface area (Å²) in [4.78, 5) is 11.3. The second-order valence-electron chi connectivity index (χ2n) is 3.54. The van der Waals surface area contributed by atoms with Crippen LogP contribution in [0.25, 0.3) is 0 Å². The molecule has 0 bridgehead atoms. The highest BCUT2D eigenvalue weighted by atomic mass is 28.3. The molecule has 0 saturated heterocycles. The van der Waals surface area contributed by atoms with E-state index in [2.05, 4.69) is 6.58 Å². The fourth-order valence-electron chi connectivity index (χ4n) is 0.521. The molecule has 0 aromatic carbocycles. The van der Waals surface area contributed by atoms with Gasteiger partial charge in [-0.25, -0.2) is 0 Å². The Hall–Kier alpha value is -0.633. The molecule has 0 unspecified atom stereocenters. The van der Waals surface area contributed by atoms with Crippen molar-refractivity contribution in [3.05, 3.63) is 24.8 Å². The number of rotatable bonds is 4. The summed E-state index contributed by atoms with van der Waals surface area (Å²) in [5.74, 6) is 0. The Kier molecular flexibility index (Phi) is 4.04. The molecular weight excluding hydrogens is 152 g/mol. The van der Waals surface area contributed by atoms with E-state index in [1.54, 1.807) is 12.2 Å². The summed E-state index contributed by atoms with van der Waals surface area (Å²) >= 11 is 0. The van der Waals surface area contributed by atoms with Gasteiger partial charge in [0.15, 0.2) is 0 Å². The molecule has 11 heavy (non-hydrogen) atoms. The Morgan fingerprint density at radius 2 is 2.00 bits per heavy atom. The lowest BCUT2D eigenvalue weighted by Crippen LogP contribution is -2.31. The van der Waals surface area contributed by atoms with Crippen LogP contribution in [0.2, 0.25) is 19.6 Å². The van der Waals surface area contributed by atoms with Crippen LogP contribution in [0.15, 0.2) is 24.8 Å². The highest BCUT2D eigenvalue weighted by Crippen LogP contribution is 2.03. The van der Waals surface area contributed by atoms with Crippen molar-refractivity contribution in [3.63, 3.8) is 0 Å². The summed E-state index contributed by atoms with van der Waals surface area (Å²) in [6.45, 7) is 9.72. The Morgan fingerprint density at radius 1 is 1.45 bits per heavy atom. The molecule has 2 heteroatoms. The number of hydrogen-bond acceptors (Lipinski definition) is 1. The fourth-order valence-corrected chi connectivity index (χ4v) is 1.14. The van der Waals surface area contributed by atoms with Crippen molar-refractivity contribution in [2.24, 2.45) is 0 Å². The van der Waals surface area contributed by atoms with Gasteiger partial charge in [-0.05, 0) is 12.5 Å². The lowest BCUT2D eigenvalue weighted by atomic mass is 10.4. The van der Waals surface area contributed by atoms with Gasteiger partial charge < -0.3 is 4.79 Å². The van der Waals surface area contributed by atoms with E-state index in [-0.39, 0.29) is 0 Å². The summed E-state index contributed by atoms with van der Waals surface area (Å²) in [6, 6.07) is 0. The zero-order valence-corrected chi connectivity index (χ0v) is 8.55. The van der Waals surface area contributed by atoms with Gasteiger partial charge in [0, 0.05) is 0 Å². The van der Waals surface area contributed by atoms with Crippen molar-refractivity contribution in [3.8, 4) is 0 Å². The number of carbonyl (C=O) groups is 1. The highest BCUT2D eigenvalue weighted by Gasteiger charge is 2.20. The van der Waals surface area contributed by atoms with Crippen LogP contribution in [0.5, 0.6) is 0 Å². The summed E-state index contributed by atoms with van der Waals surface area (Å²) in [7, 11) is -1.57. The van der Waals surface area contributed by atoms with Crippen LogP contribution < -0.4 is 0 Å². The SMILES string of the molecule is C=CC/C=C/C(=O)[Si](C)(C)C. The minimum atomic E-state index is -1.57. The molecule has 1 nitrogen and oxygen atoms in total. The van der Waals surface area contributed by atoms with Gasteiger partial charge in [0.1, 0.15) is 13.5 Å². The molecule has 0 aliphatic carbocycles. The van der Waals surface area contributed by atoms with Crippen LogP contribution in [0, 0.1) is 0 Å². The summed E-state index contributed by atoms with van der Waals surface area (Å²) < 4.78 is 0. The van der Waals surface area contributed by atoms with E-state index < -0.39 is 8.07 Å². The molecule has 62 valence electrons. The van der Waals surface area contributed by atoms with Gasteiger partial charge in [-0.15, -0.1) is 6.58 Å². The molecule has 0 aliphatic heterocycles. The van der Waals surface area contributed by atoms with E-state index in [9.17, 15) is 4.79 Å². The quantitative estimate of drug-likeness (QED) is 0.358. The second kappa shape index (κ2) is 4.29. The molecule has 0 heterocycles. The lowest BCUT2D eigenvalue weighted by Gasteiger charge is -2.09. The van der Waals surface area contributed by atoms with Gasteiger partial charge in [-0.1, -0.05) is 31.8 Å². The van der Waals surface area contributed by atoms with Gasteiger partial charge in [0.25, 0.3) is 0 Å². The van der Waals surface area contributed by atoms with E-state index in [0.29, 0.717) is 5.41 Å². The Balaban J connectivity index is 3.97. The van der Waals surface area contributed by atoms with Crippen molar-refractivity contribution in [1.29, 1.82) is 0 Å². The van der Waals surface area contributed by atoms with Crippen LogP contribution >= 0.6 is 0 Å². The summed E-state index contributed by atoms with van der Waals surface area (Å²) in [6.07, 6.45) is 6.13. The lowest BCUT2D eigenvalue weighted by molar-refractivity contribution is -0.108. The topological polar surface area (TPSA) is 17.1 Å². The van der Waals surface area contributed by atoms with Crippen LogP contribution in [0.1, 0.15) is 6.42 Å². The molecular formula is C9H16OSi. The molecule has 0 atom stereocenters. The van der Waals surface area contributed by atoms with Gasteiger partial charge in [0.05, 0.1) is 0 Å². The maximum absolute atomic E-state index is 11.3. The number of allylic oxidation sites excluding steroid dienone is 3. The van der Waals surface area contributed by atoms with Crippen molar-refractivity contribution < 1.29 is 4.79 Å². The van der Waals surface area contributed by atoms with Gasteiger partial charge in [-0.3, -0.25) is 0 Å². The Labute approximate surface area is 69.8 Å². The predicted octanol–water partition coefficient (Wildman–Crippen LogP) is 2.57. The van der Waals surface area contributed by atoms with E-state index in [4.69, 9.17) is 0 Å². The maximum Gasteiger partial charge on any atom is 0.132 e. The summed E-state index contributed by atoms with van der Waals surface area (Å²) in [5.41, 5.74) is 0. The van der Waals surface area contributed by atoms with Crippen molar-refractivity contribution in [1.82, 2.24) is 0 Å². The third kappa shape index (κ3) is 4.73. The molecule has 0 aromatic rings. The third-order valence-corrected chi connectivity index (χ3v) is 2.96. The molecule has 0 aromatic heterocycles. The minimum Gasteiger partial charge on any atom is -0.301 e. The predicted molar refractivity (Wildman–Crippen MR) is 52.3 cm³/mol. The number of carbonyl (C=O) groups excluding carboxylic acids is 1. The minimum absolute atomic E-state index is 0.305. The van der Waals surface area contributed by atoms with E-state index >= 15 is 0 Å². The zero-order chi connectivity index (χ0) is 8.91. The van der Waals surface area contributed by atoms with Crippen LogP contribution in [0.4, 0.5) is 0 Å². The van der Waals surface area contributed by atoms with Crippen molar-refractivity contribution >= 4 is 13.5 Å². The highest BCUT2D eigenvalue weighted by molar-refractivity contribution is 7.04. The van der Waals surface area contributed by atoms with E-state index in [1.807, 2.05) is 25.7 Å². The smallest absolute Gasteiger partial charge is 0.132 e. The van der Waals surface area contributed by atoms with Crippen LogP contribution in [-0.4, -0.2) is 13.5 Å². The molecule has 0 spiro atoms. The molecule has 0 N–H and O–H groups in total. The number of hydrogen-bond donors (Lipinski definition) is 0. The fraction of sp³-hybridized carbons (Fsp3) is 0.444. The van der Waals surface area contributed by atoms with Gasteiger partial charge >= 0.3 is 0 Å². The zero-order valence-electron chi connectivity index (χ0n) is 7.55. The van der Waals surface area contributed by atoms with E-state index in [1.165, 1.54) is 0 Å². The average Bonchev–Trinajstić information content (AvgIpc) is 1.86. The van der Waals surface area contributed by atoms with Crippen molar-refractivity contribution in [2.45, 2.75) is 26.1 Å². The first-order valence-electron chi connectivity index (χ1n) is 3.80. The maximum atomic E-state index is 11.3. The van der Waals surface area contributed by atoms with Crippen LogP contribution in [-0.2, 0) is 4.79 Å². The van der Waals surface area contributed by atoms with Gasteiger partial charge in [0.2, 0.25) is 0 Å². The monoisotopic (exact) mass is 168 g/mol. The first-order valence-corrected chi connectivity index (χ1v) is 7.30. The first kappa shape index (κ1) is 10.4. The third-order valence-electron chi connectivity index (χ3n) is 1.31. The average molecular weight is 168 g/mol. The molecule has 0 aliphatic rings. The van der Waals surface area contributed by atoms with E-state index in [0.717, 1.165) is 6.42 Å². The molecule has 0 fully saturated rings. The standard InChI is InChI=1S/C9H16OSi/c1-5-6-7-8-9(10)11(2,3)4/h5,7-8H,1,6H2,2-4H3/b8-7+. The second-order valence-corrected chi connectivity index (χ2v) is 8.53.